The molecular formula is C26H30N6O5. The number of carbonyl (C=O) groups is 2. The van der Waals surface area contributed by atoms with Gasteiger partial charge in [-0.3, -0.25) is 4.79 Å². The predicted molar refractivity (Wildman–Crippen MR) is 135 cm³/mol. The van der Waals surface area contributed by atoms with Crippen molar-refractivity contribution in [2.45, 2.75) is 52.2 Å². The van der Waals surface area contributed by atoms with Gasteiger partial charge in [0, 0.05) is 44.0 Å². The molecule has 11 nitrogen and oxygen atoms in total. The molecule has 0 radical (unpaired) electrons. The maximum Gasteiger partial charge on any atom is 0.410 e. The number of aromatic nitrogens is 4. The molecule has 1 aliphatic heterocycles. The average molecular weight is 507 g/mol. The second-order valence-corrected chi connectivity index (χ2v) is 9.56. The van der Waals surface area contributed by atoms with Gasteiger partial charge in [0.15, 0.2) is 5.82 Å². The van der Waals surface area contributed by atoms with E-state index in [1.54, 1.807) is 47.8 Å². The van der Waals surface area contributed by atoms with Crippen molar-refractivity contribution in [3.05, 3.63) is 49.2 Å². The molecular weight excluding hydrogens is 476 g/mol. The van der Waals surface area contributed by atoms with Gasteiger partial charge in [0.25, 0.3) is 5.88 Å². The molecule has 1 aliphatic rings. The predicted octanol–water partition coefficient (Wildman–Crippen LogP) is 4.46. The normalized spacial score (nSPS) is 15.2. The molecule has 1 fully saturated rings. The summed E-state index contributed by atoms with van der Waals surface area (Å²) in [5.41, 5.74) is 0.627. The first-order valence-corrected chi connectivity index (χ1v) is 12.0. The first-order valence-electron chi connectivity index (χ1n) is 12.0. The quantitative estimate of drug-likeness (QED) is 0.362. The van der Waals surface area contributed by atoms with Crippen molar-refractivity contribution in [3.63, 3.8) is 0 Å². The highest BCUT2D eigenvalue weighted by molar-refractivity contribution is 5.70. The third-order valence-electron chi connectivity index (χ3n) is 5.39. The number of hydrogen-bond donors (Lipinski definition) is 1. The molecule has 37 heavy (non-hydrogen) atoms. The van der Waals surface area contributed by atoms with Crippen LogP contribution in [0.5, 0.6) is 17.4 Å². The lowest BCUT2D eigenvalue weighted by Gasteiger charge is -2.28. The second kappa shape index (κ2) is 11.2. The van der Waals surface area contributed by atoms with Crippen LogP contribution in [0.15, 0.2) is 49.2 Å². The topological polar surface area (TPSA) is 129 Å². The minimum atomic E-state index is -0.568. The minimum absolute atomic E-state index is 0.0704. The number of nitrogens with zero attached hydrogens (tertiary/aromatic N) is 5. The fourth-order valence-electron chi connectivity index (χ4n) is 3.84. The zero-order valence-electron chi connectivity index (χ0n) is 21.3. The summed E-state index contributed by atoms with van der Waals surface area (Å²) >= 11 is 0. The first kappa shape index (κ1) is 25.8. The smallest absolute Gasteiger partial charge is 0.410 e. The van der Waals surface area contributed by atoms with Gasteiger partial charge in [-0.15, -0.1) is 0 Å². The number of ether oxygens (including phenoxy) is 3. The molecule has 0 saturated carbocycles. The number of rotatable bonds is 7. The van der Waals surface area contributed by atoms with Gasteiger partial charge in [0.05, 0.1) is 17.9 Å². The summed E-state index contributed by atoms with van der Waals surface area (Å²) in [6.07, 6.45) is 7.68. The molecule has 2 aromatic heterocycles. The number of anilines is 1. The Bertz CT molecular complexity index is 1250. The first-order chi connectivity index (χ1) is 17.7. The van der Waals surface area contributed by atoms with Crippen molar-refractivity contribution in [2.24, 2.45) is 0 Å². The van der Waals surface area contributed by atoms with Gasteiger partial charge in [0.2, 0.25) is 0 Å². The summed E-state index contributed by atoms with van der Waals surface area (Å²) in [7, 11) is 0. The maximum atomic E-state index is 12.7. The molecule has 0 unspecified atom stereocenters. The van der Waals surface area contributed by atoms with Crippen LogP contribution in [0.4, 0.5) is 10.6 Å². The number of esters is 1. The van der Waals surface area contributed by atoms with E-state index in [0.717, 1.165) is 12.8 Å². The fraction of sp³-hybridized carbons (Fsp3) is 0.385. The number of benzene rings is 1. The van der Waals surface area contributed by atoms with Crippen molar-refractivity contribution in [3.8, 4) is 28.6 Å². The summed E-state index contributed by atoms with van der Waals surface area (Å²) in [5.74, 6) is 0.932. The van der Waals surface area contributed by atoms with E-state index in [1.807, 2.05) is 20.8 Å². The van der Waals surface area contributed by atoms with Crippen LogP contribution >= 0.6 is 0 Å². The molecule has 0 bridgehead atoms. The Morgan fingerprint density at radius 2 is 1.89 bits per heavy atom. The van der Waals surface area contributed by atoms with Gasteiger partial charge >= 0.3 is 12.1 Å². The van der Waals surface area contributed by atoms with Crippen LogP contribution < -0.4 is 14.8 Å². The summed E-state index contributed by atoms with van der Waals surface area (Å²) in [5, 5.41) is 3.28. The van der Waals surface area contributed by atoms with E-state index in [0.29, 0.717) is 41.7 Å². The van der Waals surface area contributed by atoms with Gasteiger partial charge in [-0.1, -0.05) is 6.07 Å². The molecule has 0 aliphatic carbocycles. The van der Waals surface area contributed by atoms with E-state index < -0.39 is 11.6 Å². The van der Waals surface area contributed by atoms with Crippen molar-refractivity contribution < 1.29 is 23.8 Å². The monoisotopic (exact) mass is 506 g/mol. The lowest BCUT2D eigenvalue weighted by atomic mass is 10.2. The van der Waals surface area contributed by atoms with Crippen LogP contribution in [-0.2, 0) is 9.53 Å². The van der Waals surface area contributed by atoms with E-state index in [9.17, 15) is 9.59 Å². The minimum Gasteiger partial charge on any atom is -0.444 e. The third-order valence-corrected chi connectivity index (χ3v) is 5.39. The summed E-state index contributed by atoms with van der Waals surface area (Å²) in [4.78, 5) is 43.0. The van der Waals surface area contributed by atoms with Gasteiger partial charge in [-0.05, 0) is 45.7 Å². The fourth-order valence-corrected chi connectivity index (χ4v) is 3.84. The highest BCUT2D eigenvalue weighted by Gasteiger charge is 2.32. The molecule has 0 spiro atoms. The summed E-state index contributed by atoms with van der Waals surface area (Å²) in [6, 6.07) is 6.60. The van der Waals surface area contributed by atoms with Gasteiger partial charge in [0.1, 0.15) is 23.4 Å². The standard InChI is InChI=1S/C26H30N6O5/c1-17(33)35-20-8-5-9-21(11-20)36-24-23(30-15-22(31-24)18-12-27-16-28-13-18)29-14-19-7-6-10-32(19)25(34)37-26(2,3)4/h5,8-9,11-13,15-16,19H,6-7,10,14H2,1-4H3,(H,29,30)/t19-/m0/s1. The molecule has 1 N–H and O–H groups in total. The maximum absolute atomic E-state index is 12.7. The van der Waals surface area contributed by atoms with Crippen LogP contribution in [0.1, 0.15) is 40.5 Å². The van der Waals surface area contributed by atoms with Gasteiger partial charge in [-0.25, -0.2) is 24.7 Å². The Hall–Kier alpha value is -4.28. The lowest BCUT2D eigenvalue weighted by molar-refractivity contribution is -0.131. The third kappa shape index (κ3) is 7.12. The van der Waals surface area contributed by atoms with E-state index in [-0.39, 0.29) is 18.0 Å². The molecule has 11 heteroatoms. The molecule has 4 rings (SSSR count). The SMILES string of the molecule is CC(=O)Oc1cccc(Oc2nc(-c3cncnc3)cnc2NC[C@@H]2CCCN2C(=O)OC(C)(C)C)c1. The van der Waals surface area contributed by atoms with E-state index in [4.69, 9.17) is 14.2 Å². The number of carbonyl (C=O) groups excluding carboxylic acids is 2. The number of amides is 1. The van der Waals surface area contributed by atoms with Gasteiger partial charge < -0.3 is 24.4 Å². The number of hydrogen-bond acceptors (Lipinski definition) is 10. The van der Waals surface area contributed by atoms with E-state index in [1.165, 1.54) is 13.3 Å². The van der Waals surface area contributed by atoms with E-state index in [2.05, 4.69) is 25.3 Å². The van der Waals surface area contributed by atoms with Crippen LogP contribution in [0.3, 0.4) is 0 Å². The van der Waals surface area contributed by atoms with Crippen molar-refractivity contribution in [2.75, 3.05) is 18.4 Å². The van der Waals surface area contributed by atoms with Crippen LogP contribution in [0.25, 0.3) is 11.3 Å². The van der Waals surface area contributed by atoms with Gasteiger partial charge in [-0.2, -0.15) is 0 Å². The number of likely N-dealkylation sites (tertiary alicyclic amines) is 1. The lowest BCUT2D eigenvalue weighted by Crippen LogP contribution is -2.42. The van der Waals surface area contributed by atoms with Crippen LogP contribution in [0.2, 0.25) is 0 Å². The van der Waals surface area contributed by atoms with Crippen molar-refractivity contribution in [1.82, 2.24) is 24.8 Å². The average Bonchev–Trinajstić information content (AvgIpc) is 3.31. The molecule has 3 heterocycles. The molecule has 1 atom stereocenters. The summed E-state index contributed by atoms with van der Waals surface area (Å²) in [6.45, 7) is 7.95. The molecule has 1 amide bonds. The second-order valence-electron chi connectivity index (χ2n) is 9.56. The highest BCUT2D eigenvalue weighted by Crippen LogP contribution is 2.31. The zero-order valence-corrected chi connectivity index (χ0v) is 21.3. The van der Waals surface area contributed by atoms with Crippen LogP contribution in [0, 0.1) is 0 Å². The Morgan fingerprint density at radius 1 is 1.14 bits per heavy atom. The largest absolute Gasteiger partial charge is 0.444 e. The summed E-state index contributed by atoms with van der Waals surface area (Å²) < 4.78 is 16.8. The number of nitrogens with one attached hydrogen (secondary N) is 1. The molecule has 1 saturated heterocycles. The van der Waals surface area contributed by atoms with Crippen LogP contribution in [-0.4, -0.2) is 61.6 Å². The Labute approximate surface area is 215 Å². The Balaban J connectivity index is 1.56. The molecule has 3 aromatic rings. The van der Waals surface area contributed by atoms with Crippen molar-refractivity contribution >= 4 is 17.9 Å². The Kier molecular flexibility index (Phi) is 7.80. The zero-order chi connectivity index (χ0) is 26.4. The molecule has 194 valence electrons. The van der Waals surface area contributed by atoms with E-state index >= 15 is 0 Å². The van der Waals surface area contributed by atoms with Crippen molar-refractivity contribution in [1.29, 1.82) is 0 Å². The highest BCUT2D eigenvalue weighted by atomic mass is 16.6. The molecule has 1 aromatic carbocycles. The Morgan fingerprint density at radius 3 is 2.62 bits per heavy atom.